The Labute approximate surface area is 122 Å². The second kappa shape index (κ2) is 6.55. The van der Waals surface area contributed by atoms with E-state index in [1.54, 1.807) is 29.3 Å². The zero-order valence-corrected chi connectivity index (χ0v) is 13.7. The van der Waals surface area contributed by atoms with Crippen LogP contribution >= 0.6 is 35.3 Å². The number of aliphatic imine (C=N–C) groups is 1. The molecule has 1 atom stereocenters. The summed E-state index contributed by atoms with van der Waals surface area (Å²) in [6.45, 7) is 4.50. The van der Waals surface area contributed by atoms with Crippen molar-refractivity contribution in [3.63, 3.8) is 0 Å². The van der Waals surface area contributed by atoms with Crippen molar-refractivity contribution in [3.05, 3.63) is 19.6 Å². The van der Waals surface area contributed by atoms with E-state index >= 15 is 0 Å². The van der Waals surface area contributed by atoms with Crippen LogP contribution in [-0.2, 0) is 4.74 Å². The lowest BCUT2D eigenvalue weighted by molar-refractivity contribution is 0.223. The van der Waals surface area contributed by atoms with Crippen LogP contribution in [0.4, 0.5) is 0 Å². The Bertz CT molecular complexity index is 408. The number of nitrogens with zero attached hydrogens (tertiary/aromatic N) is 1. The molecule has 100 valence electrons. The van der Waals surface area contributed by atoms with Gasteiger partial charge in [0.1, 0.15) is 5.04 Å². The lowest BCUT2D eigenvalue weighted by Gasteiger charge is -2.04. The summed E-state index contributed by atoms with van der Waals surface area (Å²) in [6, 6.07) is 0. The minimum atomic E-state index is 0.0962. The normalized spacial score (nSPS) is 30.9. The number of ether oxygens (including phenoxy) is 1. The first-order valence-electron chi connectivity index (χ1n) is 6.19. The number of thioether (sulfide) groups is 3. The summed E-state index contributed by atoms with van der Waals surface area (Å²) in [5, 5.41) is 1.09. The van der Waals surface area contributed by atoms with E-state index in [0.29, 0.717) is 0 Å². The topological polar surface area (TPSA) is 21.6 Å². The third-order valence-electron chi connectivity index (χ3n) is 3.04. The standard InChI is InChI=1S/C13H19NOS3/c1-5-8-7-10(16-9(8)6-2)13-17-11(14-3)12(15-4)18-13/h12H,5-7H2,1-4H3. The van der Waals surface area contributed by atoms with Crippen LogP contribution in [0.1, 0.15) is 33.1 Å². The highest BCUT2D eigenvalue weighted by Crippen LogP contribution is 2.54. The highest BCUT2D eigenvalue weighted by atomic mass is 32.2. The second-order valence-corrected chi connectivity index (χ2v) is 7.62. The van der Waals surface area contributed by atoms with Crippen LogP contribution in [0.25, 0.3) is 0 Å². The predicted octanol–water partition coefficient (Wildman–Crippen LogP) is 4.85. The molecule has 1 fully saturated rings. The molecule has 0 radical (unpaired) electrons. The summed E-state index contributed by atoms with van der Waals surface area (Å²) in [5.41, 5.74) is 1.71. The van der Waals surface area contributed by atoms with Gasteiger partial charge in [-0.1, -0.05) is 54.7 Å². The third kappa shape index (κ3) is 2.84. The lowest BCUT2D eigenvalue weighted by atomic mass is 10.1. The quantitative estimate of drug-likeness (QED) is 0.743. The van der Waals surface area contributed by atoms with Crippen LogP contribution < -0.4 is 0 Å². The largest absolute Gasteiger partial charge is 0.363 e. The van der Waals surface area contributed by atoms with E-state index in [4.69, 9.17) is 4.74 Å². The fourth-order valence-corrected chi connectivity index (χ4v) is 6.06. The van der Waals surface area contributed by atoms with Gasteiger partial charge in [-0.2, -0.15) is 0 Å². The van der Waals surface area contributed by atoms with E-state index < -0.39 is 0 Å². The smallest absolute Gasteiger partial charge is 0.155 e. The summed E-state index contributed by atoms with van der Waals surface area (Å²) in [6.07, 6.45) is 3.46. The number of rotatable bonds is 3. The molecule has 2 heterocycles. The van der Waals surface area contributed by atoms with Crippen LogP contribution in [0.15, 0.2) is 24.6 Å². The zero-order valence-electron chi connectivity index (χ0n) is 11.3. The maximum absolute atomic E-state index is 5.47. The van der Waals surface area contributed by atoms with Crippen molar-refractivity contribution in [3.8, 4) is 0 Å². The molecule has 0 spiro atoms. The van der Waals surface area contributed by atoms with Crippen LogP contribution in [0.3, 0.4) is 0 Å². The molecule has 0 aromatic heterocycles. The molecule has 0 aromatic rings. The zero-order chi connectivity index (χ0) is 13.1. The first-order valence-corrected chi connectivity index (χ1v) is 8.70. The van der Waals surface area contributed by atoms with Crippen molar-refractivity contribution in [1.82, 2.24) is 0 Å². The summed E-state index contributed by atoms with van der Waals surface area (Å²) in [5.74, 6) is 0. The molecule has 0 N–H and O–H groups in total. The fourth-order valence-electron chi connectivity index (χ4n) is 2.04. The molecule has 2 rings (SSSR count). The van der Waals surface area contributed by atoms with Gasteiger partial charge in [-0.05, 0) is 17.7 Å². The first kappa shape index (κ1) is 14.6. The predicted molar refractivity (Wildman–Crippen MR) is 86.2 cm³/mol. The average molecular weight is 302 g/mol. The second-order valence-electron chi connectivity index (χ2n) is 4.07. The Morgan fingerprint density at radius 3 is 2.50 bits per heavy atom. The minimum absolute atomic E-state index is 0.0962. The number of hydrogen-bond donors (Lipinski definition) is 0. The molecule has 0 amide bonds. The van der Waals surface area contributed by atoms with E-state index in [2.05, 4.69) is 18.8 Å². The van der Waals surface area contributed by atoms with Gasteiger partial charge in [-0.3, -0.25) is 4.99 Å². The molecule has 2 aliphatic rings. The number of allylic oxidation sites excluding steroid dienone is 3. The van der Waals surface area contributed by atoms with Crippen molar-refractivity contribution in [1.29, 1.82) is 0 Å². The fraction of sp³-hybridized carbons (Fsp3) is 0.615. The van der Waals surface area contributed by atoms with Gasteiger partial charge in [0.25, 0.3) is 0 Å². The van der Waals surface area contributed by atoms with Crippen LogP contribution in [0, 0.1) is 0 Å². The summed E-state index contributed by atoms with van der Waals surface area (Å²) >= 11 is 5.57. The monoisotopic (exact) mass is 301 g/mol. The van der Waals surface area contributed by atoms with Crippen molar-refractivity contribution in [2.75, 3.05) is 14.2 Å². The molecule has 0 aliphatic carbocycles. The molecule has 0 saturated carbocycles. The Hall–Kier alpha value is 0.160. The molecule has 2 aliphatic heterocycles. The van der Waals surface area contributed by atoms with Crippen LogP contribution in [0.2, 0.25) is 0 Å². The van der Waals surface area contributed by atoms with Crippen molar-refractivity contribution < 1.29 is 4.74 Å². The number of hydrogen-bond acceptors (Lipinski definition) is 5. The maximum Gasteiger partial charge on any atom is 0.155 e. The van der Waals surface area contributed by atoms with Gasteiger partial charge in [0.15, 0.2) is 5.44 Å². The van der Waals surface area contributed by atoms with Crippen molar-refractivity contribution >= 4 is 40.3 Å². The first-order chi connectivity index (χ1) is 8.73. The Morgan fingerprint density at radius 1 is 1.28 bits per heavy atom. The maximum atomic E-state index is 5.47. The molecular weight excluding hydrogens is 282 g/mol. The molecule has 0 bridgehead atoms. The summed E-state index contributed by atoms with van der Waals surface area (Å²) < 4.78 is 6.86. The van der Waals surface area contributed by atoms with Crippen LogP contribution in [-0.4, -0.2) is 24.6 Å². The van der Waals surface area contributed by atoms with E-state index in [1.807, 2.05) is 30.6 Å². The molecule has 1 unspecified atom stereocenters. The van der Waals surface area contributed by atoms with Gasteiger partial charge in [-0.15, -0.1) is 0 Å². The van der Waals surface area contributed by atoms with E-state index in [1.165, 1.54) is 15.6 Å². The van der Waals surface area contributed by atoms with Crippen LogP contribution in [0.5, 0.6) is 0 Å². The molecule has 2 nitrogen and oxygen atoms in total. The SMILES string of the molecule is CCC1=C(CC)SC(=C2SC(=NC)C(OC)S2)C1. The summed E-state index contributed by atoms with van der Waals surface area (Å²) in [4.78, 5) is 7.38. The van der Waals surface area contributed by atoms with E-state index in [0.717, 1.165) is 17.9 Å². The van der Waals surface area contributed by atoms with E-state index in [-0.39, 0.29) is 5.44 Å². The average Bonchev–Trinajstić information content (AvgIpc) is 3.01. The Morgan fingerprint density at radius 2 is 2.06 bits per heavy atom. The Balaban J connectivity index is 2.17. The van der Waals surface area contributed by atoms with Gasteiger partial charge in [-0.25, -0.2) is 0 Å². The highest BCUT2D eigenvalue weighted by molar-refractivity contribution is 8.35. The number of methoxy groups -OCH3 is 1. The van der Waals surface area contributed by atoms with Gasteiger partial charge < -0.3 is 4.74 Å². The molecular formula is C13H19NOS3. The van der Waals surface area contributed by atoms with Gasteiger partial charge in [0, 0.05) is 25.5 Å². The summed E-state index contributed by atoms with van der Waals surface area (Å²) in [7, 11) is 3.60. The third-order valence-corrected chi connectivity index (χ3v) is 7.53. The van der Waals surface area contributed by atoms with Gasteiger partial charge in [0.05, 0.1) is 4.24 Å². The molecule has 1 saturated heterocycles. The molecule has 5 heteroatoms. The highest BCUT2D eigenvalue weighted by Gasteiger charge is 2.32. The molecule has 18 heavy (non-hydrogen) atoms. The minimum Gasteiger partial charge on any atom is -0.363 e. The van der Waals surface area contributed by atoms with Gasteiger partial charge >= 0.3 is 0 Å². The van der Waals surface area contributed by atoms with Crippen molar-refractivity contribution in [2.45, 2.75) is 38.5 Å². The molecule has 0 aromatic carbocycles. The Kier molecular flexibility index (Phi) is 5.30. The van der Waals surface area contributed by atoms with Crippen molar-refractivity contribution in [2.24, 2.45) is 4.99 Å². The van der Waals surface area contributed by atoms with Gasteiger partial charge in [0.2, 0.25) is 0 Å². The lowest BCUT2D eigenvalue weighted by Crippen LogP contribution is -2.09. The van der Waals surface area contributed by atoms with E-state index in [9.17, 15) is 0 Å².